The van der Waals surface area contributed by atoms with E-state index >= 15 is 0 Å². The van der Waals surface area contributed by atoms with E-state index in [1.54, 1.807) is 13.8 Å². The highest BCUT2D eigenvalue weighted by Crippen LogP contribution is 2.37. The van der Waals surface area contributed by atoms with E-state index in [1.165, 1.54) is 11.4 Å². The Morgan fingerprint density at radius 2 is 1.88 bits per heavy atom. The number of hydrogen-bond donors (Lipinski definition) is 1. The van der Waals surface area contributed by atoms with Crippen LogP contribution in [0, 0.1) is 0 Å². The van der Waals surface area contributed by atoms with Gasteiger partial charge < -0.3 is 18.8 Å². The van der Waals surface area contributed by atoms with Crippen molar-refractivity contribution in [2.75, 3.05) is 33.5 Å². The molecule has 0 radical (unpaired) electrons. The van der Waals surface area contributed by atoms with Crippen molar-refractivity contribution >= 4 is 7.82 Å². The topological polar surface area (TPSA) is 66.3 Å². The fourth-order valence-corrected chi connectivity index (χ4v) is 1.95. The summed E-state index contributed by atoms with van der Waals surface area (Å²) in [6.45, 7) is 7.95. The highest BCUT2D eigenvalue weighted by atomic mass is 31.2. The molecule has 0 saturated heterocycles. The third-order valence-corrected chi connectivity index (χ3v) is 3.19. The van der Waals surface area contributed by atoms with Crippen molar-refractivity contribution in [2.45, 2.75) is 20.8 Å². The summed E-state index contributed by atoms with van der Waals surface area (Å²) in [5, 5.41) is 0. The van der Waals surface area contributed by atoms with E-state index in [1.807, 2.05) is 0 Å². The van der Waals surface area contributed by atoms with Gasteiger partial charge >= 0.3 is 0 Å². The molecule has 0 aliphatic carbocycles. The average molecular weight is 266 g/mol. The third-order valence-electron chi connectivity index (χ3n) is 2.05. The zero-order chi connectivity index (χ0) is 13.3. The van der Waals surface area contributed by atoms with E-state index in [9.17, 15) is 9.46 Å². The standard InChI is InChI=1S/C6H12N2.C4H11O4P/c1-3-8-5-4-7(2)6-8;1-3-7-9(5,6)8-4-2/h4-5H,3,6H2,1-2H3;3-4H2,1-2H3,(H,5,6). The Balaban J connectivity index is 0.000000302. The molecule has 0 aromatic carbocycles. The predicted octanol–water partition coefficient (Wildman–Crippen LogP) is -0.207. The van der Waals surface area contributed by atoms with Crippen LogP contribution in [0.1, 0.15) is 20.8 Å². The van der Waals surface area contributed by atoms with Crippen LogP contribution in [0.4, 0.5) is 0 Å². The van der Waals surface area contributed by atoms with Crippen molar-refractivity contribution in [3.05, 3.63) is 12.4 Å². The molecular weight excluding hydrogens is 243 g/mol. The van der Waals surface area contributed by atoms with E-state index in [4.69, 9.17) is 0 Å². The van der Waals surface area contributed by atoms with Crippen LogP contribution in [0.15, 0.2) is 12.4 Å². The largest absolute Gasteiger partial charge is 0.756 e. The smallest absolute Gasteiger partial charge is 0.267 e. The van der Waals surface area contributed by atoms with E-state index < -0.39 is 7.82 Å². The highest BCUT2D eigenvalue weighted by molar-refractivity contribution is 7.45. The minimum absolute atomic E-state index is 0.126. The molecule has 1 rings (SSSR count). The molecule has 1 N–H and O–H groups in total. The third kappa shape index (κ3) is 8.35. The molecule has 0 amide bonds. The van der Waals surface area contributed by atoms with Crippen LogP contribution in [-0.4, -0.2) is 38.4 Å². The quantitative estimate of drug-likeness (QED) is 0.698. The summed E-state index contributed by atoms with van der Waals surface area (Å²) in [6, 6.07) is 0. The molecular formula is C10H23N2O4P. The number of nitrogens with one attached hydrogen (secondary N) is 1. The minimum atomic E-state index is -3.94. The van der Waals surface area contributed by atoms with Crippen LogP contribution in [0.5, 0.6) is 0 Å². The second-order valence-electron chi connectivity index (χ2n) is 3.53. The molecule has 6 nitrogen and oxygen atoms in total. The first-order valence-corrected chi connectivity index (χ1v) is 7.24. The monoisotopic (exact) mass is 266 g/mol. The van der Waals surface area contributed by atoms with E-state index in [0.29, 0.717) is 0 Å². The van der Waals surface area contributed by atoms with E-state index in [0.717, 1.165) is 6.67 Å². The Morgan fingerprint density at radius 3 is 2.12 bits per heavy atom. The van der Waals surface area contributed by atoms with Crippen LogP contribution in [-0.2, 0) is 13.6 Å². The van der Waals surface area contributed by atoms with Gasteiger partial charge in [0.2, 0.25) is 0 Å². The molecule has 1 heterocycles. The molecule has 17 heavy (non-hydrogen) atoms. The number of phosphoric ester groups is 1. The Morgan fingerprint density at radius 1 is 1.35 bits per heavy atom. The second-order valence-corrected chi connectivity index (χ2v) is 4.94. The van der Waals surface area contributed by atoms with Gasteiger partial charge in [0.1, 0.15) is 6.20 Å². The maximum Gasteiger partial charge on any atom is 0.267 e. The first-order valence-electron chi connectivity index (χ1n) is 5.78. The number of quaternary nitrogens is 1. The van der Waals surface area contributed by atoms with Gasteiger partial charge in [-0.2, -0.15) is 0 Å². The molecule has 1 aliphatic heterocycles. The molecule has 0 fully saturated rings. The highest BCUT2D eigenvalue weighted by Gasteiger charge is 2.09. The molecule has 102 valence electrons. The second kappa shape index (κ2) is 8.66. The van der Waals surface area contributed by atoms with Crippen LogP contribution in [0.2, 0.25) is 0 Å². The van der Waals surface area contributed by atoms with E-state index in [2.05, 4.69) is 40.3 Å². The molecule has 1 unspecified atom stereocenters. The maximum absolute atomic E-state index is 10.4. The molecule has 7 heteroatoms. The zero-order valence-corrected chi connectivity index (χ0v) is 11.9. The Bertz CT molecular complexity index is 263. The van der Waals surface area contributed by atoms with E-state index in [-0.39, 0.29) is 13.2 Å². The van der Waals surface area contributed by atoms with Crippen LogP contribution in [0.3, 0.4) is 0 Å². The van der Waals surface area contributed by atoms with Gasteiger partial charge in [0, 0.05) is 7.05 Å². The summed E-state index contributed by atoms with van der Waals surface area (Å²) in [6.07, 6.45) is 4.32. The first kappa shape index (κ1) is 16.6. The number of phosphoric acid groups is 1. The first-order chi connectivity index (χ1) is 7.95. The maximum atomic E-state index is 10.4. The van der Waals surface area contributed by atoms with Gasteiger partial charge in [-0.05, 0) is 20.8 Å². The average Bonchev–Trinajstić information content (AvgIpc) is 2.65. The molecule has 0 saturated carbocycles. The van der Waals surface area contributed by atoms with Crippen molar-refractivity contribution in [2.24, 2.45) is 0 Å². The zero-order valence-electron chi connectivity index (χ0n) is 11.0. The van der Waals surface area contributed by atoms with Gasteiger partial charge in [0.15, 0.2) is 6.67 Å². The molecule has 1 atom stereocenters. The normalized spacial score (nSPS) is 19.1. The predicted molar refractivity (Wildman–Crippen MR) is 64.1 cm³/mol. The Hall–Kier alpha value is -0.390. The summed E-state index contributed by atoms with van der Waals surface area (Å²) >= 11 is 0. The van der Waals surface area contributed by atoms with Crippen molar-refractivity contribution in [3.8, 4) is 0 Å². The Labute approximate surface area is 103 Å². The van der Waals surface area contributed by atoms with Crippen LogP contribution >= 0.6 is 7.82 Å². The number of nitrogens with zero attached hydrogens (tertiary/aromatic N) is 1. The SMILES string of the molecule is CCOP(=O)([O-])OCC.CC[NH+]1C=CN(C)C1. The van der Waals surface area contributed by atoms with Crippen molar-refractivity contribution < 1.29 is 23.4 Å². The van der Waals surface area contributed by atoms with Gasteiger partial charge in [-0.3, -0.25) is 9.46 Å². The number of rotatable bonds is 5. The lowest BCUT2D eigenvalue weighted by Crippen LogP contribution is -3.06. The van der Waals surface area contributed by atoms with Gasteiger partial charge in [0.05, 0.1) is 26.0 Å². The number of hydrogen-bond acceptors (Lipinski definition) is 5. The van der Waals surface area contributed by atoms with Crippen molar-refractivity contribution in [1.29, 1.82) is 0 Å². The summed E-state index contributed by atoms with van der Waals surface area (Å²) in [4.78, 5) is 14.1. The summed E-state index contributed by atoms with van der Waals surface area (Å²) in [5.74, 6) is 0. The van der Waals surface area contributed by atoms with Gasteiger partial charge in [-0.1, -0.05) is 0 Å². The van der Waals surface area contributed by atoms with Gasteiger partial charge in [-0.25, -0.2) is 0 Å². The lowest BCUT2D eigenvalue weighted by Gasteiger charge is -2.20. The van der Waals surface area contributed by atoms with Crippen molar-refractivity contribution in [3.63, 3.8) is 0 Å². The summed E-state index contributed by atoms with van der Waals surface area (Å²) < 4.78 is 18.9. The van der Waals surface area contributed by atoms with Gasteiger partial charge in [-0.15, -0.1) is 0 Å². The minimum Gasteiger partial charge on any atom is -0.756 e. The molecule has 0 aromatic rings. The summed E-state index contributed by atoms with van der Waals surface area (Å²) in [5.41, 5.74) is 0. The molecule has 0 bridgehead atoms. The lowest BCUT2D eigenvalue weighted by molar-refractivity contribution is -0.846. The molecule has 0 spiro atoms. The van der Waals surface area contributed by atoms with Crippen LogP contribution < -0.4 is 9.79 Å². The Kier molecular flexibility index (Phi) is 8.47. The molecule has 1 aliphatic rings. The summed E-state index contributed by atoms with van der Waals surface area (Å²) in [7, 11) is -1.85. The van der Waals surface area contributed by atoms with Crippen LogP contribution in [0.25, 0.3) is 0 Å². The van der Waals surface area contributed by atoms with Crippen molar-refractivity contribution in [1.82, 2.24) is 4.90 Å². The fourth-order valence-electron chi connectivity index (χ4n) is 1.24. The molecule has 0 aromatic heterocycles. The fraction of sp³-hybridized carbons (Fsp3) is 0.800. The van der Waals surface area contributed by atoms with Gasteiger partial charge in [0.25, 0.3) is 7.82 Å². The lowest BCUT2D eigenvalue weighted by atomic mass is 10.6.